The van der Waals surface area contributed by atoms with E-state index in [4.69, 9.17) is 37.0 Å². The minimum Gasteiger partial charge on any atom is -0.462 e. The van der Waals surface area contributed by atoms with E-state index in [0.29, 0.717) is 25.7 Å². The van der Waals surface area contributed by atoms with E-state index >= 15 is 0 Å². The summed E-state index contributed by atoms with van der Waals surface area (Å²) >= 11 is 0. The Kier molecular flexibility index (Phi) is 71.6. The Hall–Kier alpha value is -1.94. The number of carbonyl (C=O) groups excluding carboxylic acids is 4. The molecule has 3 N–H and O–H groups in total. The molecule has 6 atom stereocenters. The van der Waals surface area contributed by atoms with Gasteiger partial charge in [-0.05, 0) is 31.6 Å². The highest BCUT2D eigenvalue weighted by Gasteiger charge is 2.30. The van der Waals surface area contributed by atoms with Crippen LogP contribution in [0.4, 0.5) is 0 Å². The number of hydrogen-bond acceptors (Lipinski definition) is 15. The third kappa shape index (κ3) is 72.8. The highest BCUT2D eigenvalue weighted by molar-refractivity contribution is 7.47. The van der Waals surface area contributed by atoms with Gasteiger partial charge in [0, 0.05) is 25.7 Å². The van der Waals surface area contributed by atoms with E-state index in [9.17, 15) is 43.2 Å². The number of aliphatic hydroxyl groups excluding tert-OH is 1. The molecule has 0 heterocycles. The molecule has 0 aliphatic rings. The lowest BCUT2D eigenvalue weighted by Gasteiger charge is -2.21. The fourth-order valence-corrected chi connectivity index (χ4v) is 14.0. The van der Waals surface area contributed by atoms with Gasteiger partial charge in [0.2, 0.25) is 0 Å². The van der Waals surface area contributed by atoms with Crippen LogP contribution in [0.15, 0.2) is 0 Å². The lowest BCUT2D eigenvalue weighted by Crippen LogP contribution is -2.30. The molecule has 0 amide bonds. The highest BCUT2D eigenvalue weighted by Crippen LogP contribution is 2.45. The van der Waals surface area contributed by atoms with Crippen molar-refractivity contribution in [3.8, 4) is 0 Å². The second-order valence-electron chi connectivity index (χ2n) is 29.1. The van der Waals surface area contributed by atoms with Crippen molar-refractivity contribution in [3.63, 3.8) is 0 Å². The van der Waals surface area contributed by atoms with Crippen molar-refractivity contribution in [2.75, 3.05) is 39.6 Å². The van der Waals surface area contributed by atoms with E-state index in [0.717, 1.165) is 95.8 Å². The van der Waals surface area contributed by atoms with Gasteiger partial charge in [-0.2, -0.15) is 0 Å². The molecule has 0 bridgehead atoms. The van der Waals surface area contributed by atoms with Gasteiger partial charge in [-0.1, -0.05) is 375 Å². The number of aliphatic hydroxyl groups is 1. The molecule has 0 aliphatic heterocycles. The number of carbonyl (C=O) groups is 4. The molecule has 0 aliphatic carbocycles. The Balaban J connectivity index is 5.24. The van der Waals surface area contributed by atoms with Crippen molar-refractivity contribution in [2.45, 2.75) is 445 Å². The molecule has 19 heteroatoms. The quantitative estimate of drug-likeness (QED) is 0.0222. The van der Waals surface area contributed by atoms with Gasteiger partial charge in [0.15, 0.2) is 12.2 Å². The number of phosphoric ester groups is 2. The molecule has 0 saturated heterocycles. The minimum atomic E-state index is -4.96. The first kappa shape index (κ1) is 97.1. The van der Waals surface area contributed by atoms with E-state index in [2.05, 4.69) is 34.6 Å². The minimum absolute atomic E-state index is 0.108. The molecule has 3 unspecified atom stereocenters. The van der Waals surface area contributed by atoms with Gasteiger partial charge >= 0.3 is 39.5 Å². The van der Waals surface area contributed by atoms with Crippen LogP contribution in [0.1, 0.15) is 426 Å². The normalized spacial score (nSPS) is 14.1. The molecule has 0 fully saturated rings. The number of ether oxygens (including phenoxy) is 4. The van der Waals surface area contributed by atoms with E-state index in [1.54, 1.807) is 0 Å². The predicted octanol–water partition coefficient (Wildman–Crippen LogP) is 24.0. The maximum Gasteiger partial charge on any atom is 0.472 e. The number of esters is 4. The van der Waals surface area contributed by atoms with E-state index in [1.165, 1.54) is 250 Å². The Labute approximate surface area is 607 Å². The molecule has 0 radical (unpaired) electrons. The Bertz CT molecular complexity index is 1890. The van der Waals surface area contributed by atoms with Crippen LogP contribution in [-0.4, -0.2) is 96.7 Å². The van der Waals surface area contributed by atoms with Gasteiger partial charge in [0.05, 0.1) is 26.4 Å². The molecule has 17 nitrogen and oxygen atoms in total. The van der Waals surface area contributed by atoms with Gasteiger partial charge in [-0.3, -0.25) is 37.3 Å². The fraction of sp³-hybridized carbons (Fsp3) is 0.950. The molecule has 0 spiro atoms. The van der Waals surface area contributed by atoms with Crippen LogP contribution in [0.5, 0.6) is 0 Å². The summed E-state index contributed by atoms with van der Waals surface area (Å²) in [7, 11) is -9.92. The van der Waals surface area contributed by atoms with Gasteiger partial charge < -0.3 is 33.8 Å². The molecule has 588 valence electrons. The Morgan fingerprint density at radius 1 is 0.283 bits per heavy atom. The largest absolute Gasteiger partial charge is 0.472 e. The average Bonchev–Trinajstić information content (AvgIpc) is 1.13. The Morgan fingerprint density at radius 2 is 0.485 bits per heavy atom. The summed E-state index contributed by atoms with van der Waals surface area (Å²) in [5, 5.41) is 10.6. The zero-order chi connectivity index (χ0) is 72.7. The zero-order valence-corrected chi connectivity index (χ0v) is 66.4. The molecule has 0 aromatic carbocycles. The lowest BCUT2D eigenvalue weighted by atomic mass is 9.99. The maximum atomic E-state index is 13.1. The number of phosphoric acid groups is 2. The predicted molar refractivity (Wildman–Crippen MR) is 405 cm³/mol. The van der Waals surface area contributed by atoms with E-state index in [1.807, 2.05) is 0 Å². The first-order valence-corrected chi connectivity index (χ1v) is 44.7. The molecule has 0 aromatic heterocycles. The van der Waals surface area contributed by atoms with Crippen LogP contribution in [0.2, 0.25) is 0 Å². The smallest absolute Gasteiger partial charge is 0.462 e. The fourth-order valence-electron chi connectivity index (χ4n) is 12.4. The van der Waals surface area contributed by atoms with Crippen LogP contribution < -0.4 is 0 Å². The standard InChI is InChI=1S/C80H156O17P2/c1-6-10-13-16-19-22-25-28-29-30-31-32-33-34-36-39-46-51-56-61-66-80(85)97-76(70-91-78(83)64-59-54-49-44-41-40-42-47-52-57-62-73(5)9-4)72-95-99(88,89)93-68-74(81)67-92-98(86,87)94-71-75(69-90-77(82)63-58-53-48-43-37-27-24-21-18-15-12-8-3)96-79(84)65-60-55-50-45-38-35-26-23-20-17-14-11-7-2/h73-76,81H,6-72H2,1-5H3,(H,86,87)(H,88,89)/t73?,74-,75+,76+/m0/s1. The third-order valence-corrected chi connectivity index (χ3v) is 21.0. The maximum absolute atomic E-state index is 13.1. The van der Waals surface area contributed by atoms with Crippen molar-refractivity contribution in [2.24, 2.45) is 5.92 Å². The number of hydrogen-bond donors (Lipinski definition) is 3. The summed E-state index contributed by atoms with van der Waals surface area (Å²) in [6.07, 6.45) is 63.6. The summed E-state index contributed by atoms with van der Waals surface area (Å²) in [6, 6.07) is 0. The van der Waals surface area contributed by atoms with Crippen molar-refractivity contribution in [1.82, 2.24) is 0 Å². The van der Waals surface area contributed by atoms with Crippen molar-refractivity contribution < 1.29 is 80.2 Å². The van der Waals surface area contributed by atoms with Gasteiger partial charge in [0.1, 0.15) is 19.3 Å². The summed E-state index contributed by atoms with van der Waals surface area (Å²) < 4.78 is 68.7. The van der Waals surface area contributed by atoms with Crippen LogP contribution in [-0.2, 0) is 65.4 Å². The average molecular weight is 1450 g/mol. The zero-order valence-electron chi connectivity index (χ0n) is 64.6. The van der Waals surface area contributed by atoms with Crippen LogP contribution in [0, 0.1) is 5.92 Å². The van der Waals surface area contributed by atoms with E-state index in [-0.39, 0.29) is 25.7 Å². The molecule has 0 rings (SSSR count). The lowest BCUT2D eigenvalue weighted by molar-refractivity contribution is -0.161. The van der Waals surface area contributed by atoms with Crippen molar-refractivity contribution in [1.29, 1.82) is 0 Å². The highest BCUT2D eigenvalue weighted by atomic mass is 31.2. The Morgan fingerprint density at radius 3 is 0.717 bits per heavy atom. The van der Waals surface area contributed by atoms with Crippen LogP contribution in [0.3, 0.4) is 0 Å². The molecular weight excluding hydrogens is 1290 g/mol. The second-order valence-corrected chi connectivity index (χ2v) is 32.0. The summed E-state index contributed by atoms with van der Waals surface area (Å²) in [6.45, 7) is 7.35. The first-order chi connectivity index (χ1) is 48.1. The van der Waals surface area contributed by atoms with Gasteiger partial charge in [-0.15, -0.1) is 0 Å². The first-order valence-electron chi connectivity index (χ1n) is 41.7. The van der Waals surface area contributed by atoms with Gasteiger partial charge in [-0.25, -0.2) is 9.13 Å². The molecular formula is C80H156O17P2. The summed E-state index contributed by atoms with van der Waals surface area (Å²) in [5.41, 5.74) is 0. The monoisotopic (exact) mass is 1450 g/mol. The van der Waals surface area contributed by atoms with Crippen LogP contribution in [0.25, 0.3) is 0 Å². The molecule has 0 aromatic rings. The van der Waals surface area contributed by atoms with Crippen molar-refractivity contribution in [3.05, 3.63) is 0 Å². The molecule has 99 heavy (non-hydrogen) atoms. The summed E-state index contributed by atoms with van der Waals surface area (Å²) in [5.74, 6) is -1.30. The van der Waals surface area contributed by atoms with E-state index < -0.39 is 97.5 Å². The van der Waals surface area contributed by atoms with Crippen molar-refractivity contribution >= 4 is 39.5 Å². The number of rotatable bonds is 80. The second kappa shape index (κ2) is 73.0. The summed E-state index contributed by atoms with van der Waals surface area (Å²) in [4.78, 5) is 73.0. The third-order valence-electron chi connectivity index (χ3n) is 19.1. The van der Waals surface area contributed by atoms with Crippen LogP contribution >= 0.6 is 15.6 Å². The SMILES string of the molecule is CCCCCCCCCCCCCCCCCCCCCCC(=O)O[C@H](COC(=O)CCCCCCCCCCCCC(C)CC)COP(=O)(O)OC[C@@H](O)COP(=O)(O)OC[C@@H](COC(=O)CCCCCCCCCCCCCC)OC(=O)CCCCCCCCCCCCCCC. The van der Waals surface area contributed by atoms with Gasteiger partial charge in [0.25, 0.3) is 0 Å². The topological polar surface area (TPSA) is 237 Å². The molecule has 0 saturated carbocycles. The number of unbranched alkanes of at least 4 members (excludes halogenated alkanes) is 51.